The fourth-order valence-corrected chi connectivity index (χ4v) is 2.84. The minimum absolute atomic E-state index is 0.391. The number of hydrogen-bond donors (Lipinski definition) is 1. The molecule has 1 aromatic rings. The van der Waals surface area contributed by atoms with Gasteiger partial charge in [-0.15, -0.1) is 0 Å². The molecule has 0 spiro atoms. The fourth-order valence-electron chi connectivity index (χ4n) is 2.84. The van der Waals surface area contributed by atoms with E-state index < -0.39 is 0 Å². The van der Waals surface area contributed by atoms with E-state index in [0.717, 1.165) is 37.3 Å². The molecule has 0 aliphatic heterocycles. The first-order chi connectivity index (χ1) is 11.3. The monoisotopic (exact) mass is 320 g/mol. The maximum atomic E-state index is 5.84. The molecule has 0 saturated heterocycles. The lowest BCUT2D eigenvalue weighted by Gasteiger charge is -2.05. The molecular weight excluding hydrogens is 284 g/mol. The van der Waals surface area contributed by atoms with Gasteiger partial charge in [0.1, 0.15) is 11.6 Å². The smallest absolute Gasteiger partial charge is 0.223 e. The molecule has 4 heteroatoms. The van der Waals surface area contributed by atoms with Gasteiger partial charge in [0, 0.05) is 12.8 Å². The maximum Gasteiger partial charge on any atom is 0.223 e. The van der Waals surface area contributed by atoms with E-state index in [1.54, 1.807) is 0 Å². The highest BCUT2D eigenvalue weighted by atomic mass is 15.1. The summed E-state index contributed by atoms with van der Waals surface area (Å²) < 4.78 is 0. The molecular formula is C19H36N4. The normalized spacial score (nSPS) is 11.0. The maximum absolute atomic E-state index is 5.84. The standard InChI is InChI=1S/C19H36N4/c1-3-5-7-9-11-13-15-17-21-18(23-19(20)22-17)16-14-12-10-8-6-4-2/h3-16H2,1-2H3,(H2,20,21,22,23). The Bertz CT molecular complexity index is 372. The summed E-state index contributed by atoms with van der Waals surface area (Å²) in [5, 5.41) is 0. The van der Waals surface area contributed by atoms with Gasteiger partial charge in [-0.2, -0.15) is 9.97 Å². The van der Waals surface area contributed by atoms with Crippen molar-refractivity contribution in [2.24, 2.45) is 0 Å². The van der Waals surface area contributed by atoms with Crippen molar-refractivity contribution in [1.29, 1.82) is 0 Å². The molecule has 132 valence electrons. The summed E-state index contributed by atoms with van der Waals surface area (Å²) >= 11 is 0. The summed E-state index contributed by atoms with van der Waals surface area (Å²) in [5.41, 5.74) is 5.84. The van der Waals surface area contributed by atoms with Crippen LogP contribution in [0.25, 0.3) is 0 Å². The number of unbranched alkanes of at least 4 members (excludes halogenated alkanes) is 10. The van der Waals surface area contributed by atoms with Crippen LogP contribution in [-0.4, -0.2) is 15.0 Å². The predicted octanol–water partition coefficient (Wildman–Crippen LogP) is 5.26. The highest BCUT2D eigenvalue weighted by Crippen LogP contribution is 2.11. The van der Waals surface area contributed by atoms with E-state index in [1.165, 1.54) is 64.2 Å². The summed E-state index contributed by atoms with van der Waals surface area (Å²) in [7, 11) is 0. The highest BCUT2D eigenvalue weighted by molar-refractivity contribution is 5.16. The second-order valence-corrected chi connectivity index (χ2v) is 6.56. The van der Waals surface area contributed by atoms with Gasteiger partial charge in [-0.05, 0) is 12.8 Å². The van der Waals surface area contributed by atoms with Crippen LogP contribution in [0, 0.1) is 0 Å². The molecule has 1 heterocycles. The zero-order valence-electron chi connectivity index (χ0n) is 15.3. The Morgan fingerprint density at radius 2 is 0.957 bits per heavy atom. The van der Waals surface area contributed by atoms with Crippen molar-refractivity contribution in [3.8, 4) is 0 Å². The second-order valence-electron chi connectivity index (χ2n) is 6.56. The minimum atomic E-state index is 0.391. The number of hydrogen-bond acceptors (Lipinski definition) is 4. The molecule has 4 nitrogen and oxygen atoms in total. The largest absolute Gasteiger partial charge is 0.368 e. The van der Waals surface area contributed by atoms with Gasteiger partial charge in [-0.25, -0.2) is 4.98 Å². The van der Waals surface area contributed by atoms with Crippen LogP contribution in [-0.2, 0) is 12.8 Å². The Morgan fingerprint density at radius 1 is 0.565 bits per heavy atom. The topological polar surface area (TPSA) is 64.7 Å². The van der Waals surface area contributed by atoms with Crippen molar-refractivity contribution in [1.82, 2.24) is 15.0 Å². The Kier molecular flexibility index (Phi) is 11.5. The summed E-state index contributed by atoms with van der Waals surface area (Å²) in [6, 6.07) is 0. The van der Waals surface area contributed by atoms with E-state index in [2.05, 4.69) is 28.8 Å². The molecule has 0 aliphatic carbocycles. The van der Waals surface area contributed by atoms with Gasteiger partial charge in [0.05, 0.1) is 0 Å². The lowest BCUT2D eigenvalue weighted by atomic mass is 10.1. The van der Waals surface area contributed by atoms with Crippen LogP contribution in [0.3, 0.4) is 0 Å². The first kappa shape index (κ1) is 19.9. The third-order valence-corrected chi connectivity index (χ3v) is 4.25. The lowest BCUT2D eigenvalue weighted by molar-refractivity contribution is 0.590. The molecule has 1 rings (SSSR count). The Balaban J connectivity index is 2.25. The molecule has 0 radical (unpaired) electrons. The molecule has 2 N–H and O–H groups in total. The lowest BCUT2D eigenvalue weighted by Crippen LogP contribution is -2.07. The average molecular weight is 321 g/mol. The zero-order chi connectivity index (χ0) is 16.8. The Morgan fingerprint density at radius 3 is 1.39 bits per heavy atom. The molecule has 0 saturated carbocycles. The van der Waals surface area contributed by atoms with E-state index in [4.69, 9.17) is 5.73 Å². The predicted molar refractivity (Wildman–Crippen MR) is 98.4 cm³/mol. The van der Waals surface area contributed by atoms with Crippen molar-refractivity contribution in [2.45, 2.75) is 104 Å². The Labute approximate surface area is 142 Å². The van der Waals surface area contributed by atoms with Gasteiger partial charge in [0.2, 0.25) is 5.95 Å². The van der Waals surface area contributed by atoms with E-state index in [1.807, 2.05) is 0 Å². The zero-order valence-corrected chi connectivity index (χ0v) is 15.3. The number of aromatic nitrogens is 3. The summed E-state index contributed by atoms with van der Waals surface area (Å²) in [5.74, 6) is 2.16. The van der Waals surface area contributed by atoms with Gasteiger partial charge >= 0.3 is 0 Å². The van der Waals surface area contributed by atoms with E-state index >= 15 is 0 Å². The molecule has 0 fully saturated rings. The third kappa shape index (κ3) is 10.2. The van der Waals surface area contributed by atoms with Crippen LogP contribution in [0.2, 0.25) is 0 Å². The average Bonchev–Trinajstić information content (AvgIpc) is 2.53. The summed E-state index contributed by atoms with van der Waals surface area (Å²) in [6.07, 6.45) is 17.3. The molecule has 0 unspecified atom stereocenters. The van der Waals surface area contributed by atoms with Crippen LogP contribution >= 0.6 is 0 Å². The van der Waals surface area contributed by atoms with Gasteiger partial charge < -0.3 is 5.73 Å². The van der Waals surface area contributed by atoms with Crippen LogP contribution < -0.4 is 5.73 Å². The molecule has 0 atom stereocenters. The number of nitrogens with two attached hydrogens (primary N) is 1. The van der Waals surface area contributed by atoms with Crippen LogP contribution in [0.4, 0.5) is 5.95 Å². The van der Waals surface area contributed by atoms with Crippen molar-refractivity contribution in [3.05, 3.63) is 11.6 Å². The number of nitrogen functional groups attached to an aromatic ring is 1. The number of nitrogens with zero attached hydrogens (tertiary/aromatic N) is 3. The quantitative estimate of drug-likeness (QED) is 0.475. The molecule has 0 aliphatic rings. The molecule has 0 amide bonds. The molecule has 1 aromatic heterocycles. The molecule has 0 aromatic carbocycles. The second kappa shape index (κ2) is 13.3. The first-order valence-electron chi connectivity index (χ1n) is 9.75. The number of aryl methyl sites for hydroxylation is 2. The SMILES string of the molecule is CCCCCCCCc1nc(N)nc(CCCCCCCC)n1. The summed E-state index contributed by atoms with van der Waals surface area (Å²) in [6.45, 7) is 4.50. The summed E-state index contributed by atoms with van der Waals surface area (Å²) in [4.78, 5) is 13.2. The van der Waals surface area contributed by atoms with Crippen LogP contribution in [0.5, 0.6) is 0 Å². The van der Waals surface area contributed by atoms with Gasteiger partial charge in [0.15, 0.2) is 0 Å². The number of anilines is 1. The van der Waals surface area contributed by atoms with Crippen molar-refractivity contribution < 1.29 is 0 Å². The number of rotatable bonds is 14. The van der Waals surface area contributed by atoms with E-state index in [0.29, 0.717) is 5.95 Å². The van der Waals surface area contributed by atoms with Crippen molar-refractivity contribution in [3.63, 3.8) is 0 Å². The van der Waals surface area contributed by atoms with E-state index in [9.17, 15) is 0 Å². The Hall–Kier alpha value is -1.19. The van der Waals surface area contributed by atoms with Gasteiger partial charge in [-0.3, -0.25) is 0 Å². The van der Waals surface area contributed by atoms with Crippen LogP contribution in [0.15, 0.2) is 0 Å². The van der Waals surface area contributed by atoms with Gasteiger partial charge in [-0.1, -0.05) is 78.1 Å². The van der Waals surface area contributed by atoms with Crippen molar-refractivity contribution in [2.75, 3.05) is 5.73 Å². The third-order valence-electron chi connectivity index (χ3n) is 4.25. The first-order valence-corrected chi connectivity index (χ1v) is 9.75. The molecule has 23 heavy (non-hydrogen) atoms. The minimum Gasteiger partial charge on any atom is -0.368 e. The van der Waals surface area contributed by atoms with E-state index in [-0.39, 0.29) is 0 Å². The van der Waals surface area contributed by atoms with Crippen molar-refractivity contribution >= 4 is 5.95 Å². The van der Waals surface area contributed by atoms with Crippen LogP contribution in [0.1, 0.15) is 103 Å². The fraction of sp³-hybridized carbons (Fsp3) is 0.842. The highest BCUT2D eigenvalue weighted by Gasteiger charge is 2.05. The van der Waals surface area contributed by atoms with Gasteiger partial charge in [0.25, 0.3) is 0 Å². The molecule has 0 bridgehead atoms.